The normalized spacial score (nSPS) is 12.1. The number of carbonyl (C=O) groups excluding carboxylic acids is 3. The minimum Gasteiger partial charge on any atom is -0.338 e. The van der Waals surface area contributed by atoms with E-state index in [4.69, 9.17) is 16.9 Å². The number of nitrogens with zero attached hydrogens (tertiary/aromatic N) is 2. The molecule has 0 saturated carbocycles. The number of benzene rings is 1. The Morgan fingerprint density at radius 1 is 1.26 bits per heavy atom. The Balaban J connectivity index is 2.35. The van der Waals surface area contributed by atoms with Crippen LogP contribution in [0, 0.1) is 24.1 Å². The standard InChI is InChI=1S/C19H15ClF4N4O3/c1-8-13(17(30)27-11-4-5-12(21)10(6-11)7-25)16(20)28(3)14(8)15(29)18(31)26-9(2)19(22,23)24/h4-6,9H,1-3H3,(H,26,31)(H,27,30)/t9-/m1/s1. The molecule has 2 rings (SSSR count). The van der Waals surface area contributed by atoms with Gasteiger partial charge in [-0.15, -0.1) is 0 Å². The molecule has 2 aromatic rings. The largest absolute Gasteiger partial charge is 0.408 e. The lowest BCUT2D eigenvalue weighted by molar-refractivity contribution is -0.156. The highest BCUT2D eigenvalue weighted by atomic mass is 35.5. The van der Waals surface area contributed by atoms with E-state index in [1.165, 1.54) is 20.0 Å². The van der Waals surface area contributed by atoms with E-state index < -0.39 is 35.6 Å². The molecule has 2 N–H and O–H groups in total. The van der Waals surface area contributed by atoms with Gasteiger partial charge >= 0.3 is 6.18 Å². The third-order valence-electron chi connectivity index (χ3n) is 4.40. The van der Waals surface area contributed by atoms with Gasteiger partial charge in [-0.2, -0.15) is 18.4 Å². The van der Waals surface area contributed by atoms with E-state index in [1.807, 2.05) is 0 Å². The molecule has 0 fully saturated rings. The zero-order chi connectivity index (χ0) is 23.7. The number of aromatic nitrogens is 1. The van der Waals surface area contributed by atoms with Gasteiger partial charge in [-0.1, -0.05) is 11.6 Å². The molecule has 1 aromatic carbocycles. The lowest BCUT2D eigenvalue weighted by atomic mass is 10.1. The summed E-state index contributed by atoms with van der Waals surface area (Å²) in [5.74, 6) is -4.46. The van der Waals surface area contributed by atoms with Crippen molar-refractivity contribution in [3.63, 3.8) is 0 Å². The Hall–Kier alpha value is -3.39. The SMILES string of the molecule is Cc1c(C(=O)Nc2ccc(F)c(C#N)c2)c(Cl)n(C)c1C(=O)C(=O)N[C@H](C)C(F)(F)F. The van der Waals surface area contributed by atoms with Gasteiger partial charge in [0.15, 0.2) is 0 Å². The number of amides is 2. The molecule has 164 valence electrons. The number of Topliss-reactive ketones (excluding diaryl/α,β-unsaturated/α-hetero) is 1. The number of rotatable bonds is 5. The minimum absolute atomic E-state index is 0.0487. The molecule has 0 aliphatic rings. The monoisotopic (exact) mass is 458 g/mol. The van der Waals surface area contributed by atoms with Crippen LogP contribution in [-0.2, 0) is 11.8 Å². The molecule has 0 radical (unpaired) electrons. The Kier molecular flexibility index (Phi) is 6.76. The van der Waals surface area contributed by atoms with Crippen LogP contribution in [0.15, 0.2) is 18.2 Å². The van der Waals surface area contributed by atoms with Gasteiger partial charge in [-0.3, -0.25) is 14.4 Å². The molecule has 7 nitrogen and oxygen atoms in total. The van der Waals surface area contributed by atoms with Crippen molar-refractivity contribution in [1.29, 1.82) is 5.26 Å². The van der Waals surface area contributed by atoms with Gasteiger partial charge in [0.1, 0.15) is 23.1 Å². The van der Waals surface area contributed by atoms with Crippen molar-refractivity contribution in [3.05, 3.63) is 51.6 Å². The molecule has 2 amide bonds. The molecule has 0 aliphatic carbocycles. The van der Waals surface area contributed by atoms with E-state index in [0.29, 0.717) is 6.92 Å². The van der Waals surface area contributed by atoms with Crippen LogP contribution in [0.4, 0.5) is 23.2 Å². The summed E-state index contributed by atoms with van der Waals surface area (Å²) >= 11 is 6.12. The average Bonchev–Trinajstić information content (AvgIpc) is 2.90. The molecule has 31 heavy (non-hydrogen) atoms. The summed E-state index contributed by atoms with van der Waals surface area (Å²) in [6.07, 6.45) is -4.75. The Morgan fingerprint density at radius 3 is 2.42 bits per heavy atom. The molecule has 1 heterocycles. The quantitative estimate of drug-likeness (QED) is 0.406. The first-order valence-corrected chi connectivity index (χ1v) is 8.95. The molecule has 0 saturated heterocycles. The van der Waals surface area contributed by atoms with Crippen molar-refractivity contribution < 1.29 is 31.9 Å². The van der Waals surface area contributed by atoms with Crippen molar-refractivity contribution in [2.45, 2.75) is 26.1 Å². The lowest BCUT2D eigenvalue weighted by Gasteiger charge is -2.16. The van der Waals surface area contributed by atoms with Crippen molar-refractivity contribution in [2.24, 2.45) is 7.05 Å². The Morgan fingerprint density at radius 2 is 1.87 bits per heavy atom. The first kappa shape index (κ1) is 23.9. The summed E-state index contributed by atoms with van der Waals surface area (Å²) in [6, 6.07) is 2.59. The lowest BCUT2D eigenvalue weighted by Crippen LogP contribution is -2.46. The number of ketones is 1. The molecule has 1 aromatic heterocycles. The van der Waals surface area contributed by atoms with Crippen molar-refractivity contribution in [1.82, 2.24) is 9.88 Å². The van der Waals surface area contributed by atoms with Gasteiger partial charge in [0.2, 0.25) is 0 Å². The second-order valence-electron chi connectivity index (χ2n) is 6.52. The molecule has 12 heteroatoms. The summed E-state index contributed by atoms with van der Waals surface area (Å²) in [5, 5.41) is 12.6. The van der Waals surface area contributed by atoms with E-state index in [9.17, 15) is 31.9 Å². The maximum absolute atomic E-state index is 13.4. The first-order valence-electron chi connectivity index (χ1n) is 8.57. The van der Waals surface area contributed by atoms with Crippen LogP contribution in [0.2, 0.25) is 5.15 Å². The minimum atomic E-state index is -4.75. The highest BCUT2D eigenvalue weighted by Crippen LogP contribution is 2.28. The third kappa shape index (κ3) is 4.86. The van der Waals surface area contributed by atoms with Crippen molar-refractivity contribution in [2.75, 3.05) is 5.32 Å². The molecular weight excluding hydrogens is 444 g/mol. The van der Waals surface area contributed by atoms with E-state index in [2.05, 4.69) is 5.32 Å². The van der Waals surface area contributed by atoms with Gasteiger partial charge < -0.3 is 15.2 Å². The van der Waals surface area contributed by atoms with Gasteiger partial charge in [0.25, 0.3) is 17.6 Å². The van der Waals surface area contributed by atoms with Crippen LogP contribution < -0.4 is 10.6 Å². The number of carbonyl (C=O) groups is 3. The Labute approximate surface area is 178 Å². The summed E-state index contributed by atoms with van der Waals surface area (Å²) < 4.78 is 52.4. The number of nitrogens with one attached hydrogen (secondary N) is 2. The molecule has 0 unspecified atom stereocenters. The number of anilines is 1. The summed E-state index contributed by atoms with van der Waals surface area (Å²) in [4.78, 5) is 37.1. The van der Waals surface area contributed by atoms with Gasteiger partial charge in [-0.25, -0.2) is 4.39 Å². The second-order valence-corrected chi connectivity index (χ2v) is 6.88. The van der Waals surface area contributed by atoms with Crippen LogP contribution in [0.25, 0.3) is 0 Å². The predicted octanol–water partition coefficient (Wildman–Crippen LogP) is 3.50. The van der Waals surface area contributed by atoms with Crippen LogP contribution in [-0.4, -0.2) is 34.4 Å². The smallest absolute Gasteiger partial charge is 0.338 e. The topological polar surface area (TPSA) is 104 Å². The van der Waals surface area contributed by atoms with Gasteiger partial charge in [0, 0.05) is 12.7 Å². The number of hydrogen-bond donors (Lipinski definition) is 2. The van der Waals surface area contributed by atoms with Crippen molar-refractivity contribution in [3.8, 4) is 6.07 Å². The maximum Gasteiger partial charge on any atom is 0.408 e. The van der Waals surface area contributed by atoms with Gasteiger partial charge in [0.05, 0.1) is 16.8 Å². The molecule has 1 atom stereocenters. The second kappa shape index (κ2) is 8.77. The fourth-order valence-corrected chi connectivity index (χ4v) is 3.02. The summed E-state index contributed by atoms with van der Waals surface area (Å²) in [6.45, 7) is 1.97. The molecular formula is C19H15ClF4N4O3. The van der Waals surface area contributed by atoms with Crippen LogP contribution >= 0.6 is 11.6 Å². The van der Waals surface area contributed by atoms with E-state index in [0.717, 1.165) is 16.7 Å². The summed E-state index contributed by atoms with van der Waals surface area (Å²) in [5.41, 5.74) is -0.898. The third-order valence-corrected chi connectivity index (χ3v) is 4.84. The van der Waals surface area contributed by atoms with E-state index >= 15 is 0 Å². The zero-order valence-corrected chi connectivity index (χ0v) is 17.1. The fraction of sp³-hybridized carbons (Fsp3) is 0.263. The number of hydrogen-bond acceptors (Lipinski definition) is 4. The molecule has 0 aliphatic heterocycles. The highest BCUT2D eigenvalue weighted by Gasteiger charge is 2.39. The van der Waals surface area contributed by atoms with E-state index in [-0.39, 0.29) is 33.2 Å². The van der Waals surface area contributed by atoms with Crippen LogP contribution in [0.1, 0.15) is 38.9 Å². The zero-order valence-electron chi connectivity index (χ0n) is 16.3. The maximum atomic E-state index is 13.4. The van der Waals surface area contributed by atoms with Crippen molar-refractivity contribution >= 4 is 34.9 Å². The highest BCUT2D eigenvalue weighted by molar-refractivity contribution is 6.44. The molecule has 0 spiro atoms. The van der Waals surface area contributed by atoms with Crippen LogP contribution in [0.3, 0.4) is 0 Å². The summed E-state index contributed by atoms with van der Waals surface area (Å²) in [7, 11) is 1.26. The predicted molar refractivity (Wildman–Crippen MR) is 102 cm³/mol. The van der Waals surface area contributed by atoms with Crippen LogP contribution in [0.5, 0.6) is 0 Å². The fourth-order valence-electron chi connectivity index (χ4n) is 2.71. The Bertz CT molecular complexity index is 1120. The van der Waals surface area contributed by atoms with E-state index in [1.54, 1.807) is 11.4 Å². The number of nitriles is 1. The molecule has 0 bridgehead atoms. The number of alkyl halides is 3. The van der Waals surface area contributed by atoms with Gasteiger partial charge in [-0.05, 0) is 37.6 Å². The average molecular weight is 459 g/mol. The first-order chi connectivity index (χ1) is 14.3. The number of halogens is 5.